The summed E-state index contributed by atoms with van der Waals surface area (Å²) in [5.41, 5.74) is 2.82. The minimum atomic E-state index is 0.0937. The van der Waals surface area contributed by atoms with Crippen LogP contribution >= 0.6 is 0 Å². The maximum absolute atomic E-state index is 12.8. The second-order valence-electron chi connectivity index (χ2n) is 6.23. The zero-order valence-electron chi connectivity index (χ0n) is 14.2. The Labute approximate surface area is 146 Å². The van der Waals surface area contributed by atoms with E-state index in [9.17, 15) is 4.79 Å². The highest BCUT2D eigenvalue weighted by Crippen LogP contribution is 2.28. The van der Waals surface area contributed by atoms with Crippen molar-refractivity contribution in [2.75, 3.05) is 38.2 Å². The van der Waals surface area contributed by atoms with Crippen LogP contribution in [0.25, 0.3) is 10.9 Å². The van der Waals surface area contributed by atoms with Gasteiger partial charge < -0.3 is 19.5 Å². The van der Waals surface area contributed by atoms with E-state index < -0.39 is 0 Å². The van der Waals surface area contributed by atoms with Crippen LogP contribution in [0, 0.1) is 0 Å². The minimum Gasteiger partial charge on any atom is -0.495 e. The fourth-order valence-electron chi connectivity index (χ4n) is 3.40. The summed E-state index contributed by atoms with van der Waals surface area (Å²) < 4.78 is 5.45. The van der Waals surface area contributed by atoms with Crippen LogP contribution in [-0.2, 0) is 0 Å². The van der Waals surface area contributed by atoms with Gasteiger partial charge in [0, 0.05) is 43.5 Å². The summed E-state index contributed by atoms with van der Waals surface area (Å²) >= 11 is 0. The number of nitrogens with zero attached hydrogens (tertiary/aromatic N) is 2. The normalized spacial score (nSPS) is 14.8. The maximum Gasteiger partial charge on any atom is 0.254 e. The molecule has 1 aliphatic rings. The molecule has 1 saturated heterocycles. The summed E-state index contributed by atoms with van der Waals surface area (Å²) in [5.74, 6) is 0.968. The number of carbonyl (C=O) groups is 1. The van der Waals surface area contributed by atoms with E-state index in [-0.39, 0.29) is 5.91 Å². The average molecular weight is 335 g/mol. The summed E-state index contributed by atoms with van der Waals surface area (Å²) in [7, 11) is 1.69. The summed E-state index contributed by atoms with van der Waals surface area (Å²) in [4.78, 5) is 20.2. The Morgan fingerprint density at radius 2 is 1.84 bits per heavy atom. The molecule has 0 atom stereocenters. The third-order valence-electron chi connectivity index (χ3n) is 4.79. The fraction of sp³-hybridized carbons (Fsp3) is 0.250. The molecule has 0 spiro atoms. The van der Waals surface area contributed by atoms with Gasteiger partial charge in [0.1, 0.15) is 5.75 Å². The number of hydrogen-bond donors (Lipinski definition) is 1. The number of hydrogen-bond acceptors (Lipinski definition) is 3. The molecule has 0 unspecified atom stereocenters. The SMILES string of the molecule is COc1ccccc1N1CCN(C(=O)c2ccc3cc[nH]c3c2)CC1. The van der Waals surface area contributed by atoms with Crippen molar-refractivity contribution in [1.29, 1.82) is 0 Å². The Morgan fingerprint density at radius 1 is 1.04 bits per heavy atom. The highest BCUT2D eigenvalue weighted by Gasteiger charge is 2.23. The van der Waals surface area contributed by atoms with Crippen LogP contribution < -0.4 is 9.64 Å². The van der Waals surface area contributed by atoms with Gasteiger partial charge in [-0.25, -0.2) is 0 Å². The number of rotatable bonds is 3. The number of piperazine rings is 1. The summed E-state index contributed by atoms with van der Waals surface area (Å²) in [5, 5.41) is 1.12. The molecule has 128 valence electrons. The number of ether oxygens (including phenoxy) is 1. The van der Waals surface area contributed by atoms with Crippen LogP contribution in [0.1, 0.15) is 10.4 Å². The molecular formula is C20H21N3O2. The van der Waals surface area contributed by atoms with E-state index >= 15 is 0 Å². The third-order valence-corrected chi connectivity index (χ3v) is 4.79. The van der Waals surface area contributed by atoms with E-state index in [4.69, 9.17) is 4.74 Å². The van der Waals surface area contributed by atoms with Crippen molar-refractivity contribution in [1.82, 2.24) is 9.88 Å². The lowest BCUT2D eigenvalue weighted by atomic mass is 10.1. The average Bonchev–Trinajstić information content (AvgIpc) is 3.15. The summed E-state index contributed by atoms with van der Waals surface area (Å²) in [6, 6.07) is 15.9. The number of aromatic nitrogens is 1. The number of para-hydroxylation sites is 2. The van der Waals surface area contributed by atoms with Gasteiger partial charge in [-0.2, -0.15) is 0 Å². The molecule has 1 amide bonds. The molecule has 1 aromatic heterocycles. The van der Waals surface area contributed by atoms with Gasteiger partial charge in [0.05, 0.1) is 12.8 Å². The zero-order valence-corrected chi connectivity index (χ0v) is 14.2. The molecule has 4 rings (SSSR count). The van der Waals surface area contributed by atoms with Gasteiger partial charge in [-0.15, -0.1) is 0 Å². The number of benzene rings is 2. The molecule has 25 heavy (non-hydrogen) atoms. The molecule has 0 aliphatic carbocycles. The van der Waals surface area contributed by atoms with E-state index in [0.29, 0.717) is 13.1 Å². The van der Waals surface area contributed by atoms with E-state index in [1.54, 1.807) is 7.11 Å². The number of fused-ring (bicyclic) bond motifs is 1. The van der Waals surface area contributed by atoms with Crippen molar-refractivity contribution >= 4 is 22.5 Å². The van der Waals surface area contributed by atoms with Crippen LogP contribution in [0.5, 0.6) is 5.75 Å². The van der Waals surface area contributed by atoms with Gasteiger partial charge >= 0.3 is 0 Å². The Hall–Kier alpha value is -2.95. The van der Waals surface area contributed by atoms with Gasteiger partial charge in [0.2, 0.25) is 0 Å². The molecular weight excluding hydrogens is 314 g/mol. The molecule has 1 aliphatic heterocycles. The molecule has 0 saturated carbocycles. The largest absolute Gasteiger partial charge is 0.495 e. The van der Waals surface area contributed by atoms with Crippen molar-refractivity contribution in [2.45, 2.75) is 0 Å². The molecule has 0 bridgehead atoms. The lowest BCUT2D eigenvalue weighted by Crippen LogP contribution is -2.48. The van der Waals surface area contributed by atoms with E-state index in [1.807, 2.05) is 53.6 Å². The predicted octanol–water partition coefficient (Wildman–Crippen LogP) is 3.14. The van der Waals surface area contributed by atoms with Crippen LogP contribution in [0.4, 0.5) is 5.69 Å². The van der Waals surface area contributed by atoms with Crippen molar-refractivity contribution in [3.63, 3.8) is 0 Å². The number of H-pyrrole nitrogens is 1. The van der Waals surface area contributed by atoms with Gasteiger partial charge in [0.15, 0.2) is 0 Å². The third kappa shape index (κ3) is 2.93. The molecule has 2 aromatic carbocycles. The molecule has 2 heterocycles. The number of nitrogens with one attached hydrogen (secondary N) is 1. The fourth-order valence-corrected chi connectivity index (χ4v) is 3.40. The topological polar surface area (TPSA) is 48.6 Å². The number of carbonyl (C=O) groups excluding carboxylic acids is 1. The molecule has 1 N–H and O–H groups in total. The predicted molar refractivity (Wildman–Crippen MR) is 99.4 cm³/mol. The molecule has 3 aromatic rings. The monoisotopic (exact) mass is 335 g/mol. The van der Waals surface area contributed by atoms with E-state index in [2.05, 4.69) is 16.0 Å². The first-order chi connectivity index (χ1) is 12.3. The van der Waals surface area contributed by atoms with Crippen molar-refractivity contribution in [3.8, 4) is 5.75 Å². The number of aromatic amines is 1. The zero-order chi connectivity index (χ0) is 17.2. The summed E-state index contributed by atoms with van der Waals surface area (Å²) in [6.45, 7) is 3.02. The van der Waals surface area contributed by atoms with Crippen LogP contribution in [0.2, 0.25) is 0 Å². The highest BCUT2D eigenvalue weighted by atomic mass is 16.5. The number of amides is 1. The lowest BCUT2D eigenvalue weighted by molar-refractivity contribution is 0.0747. The minimum absolute atomic E-state index is 0.0937. The molecule has 0 radical (unpaired) electrons. The van der Waals surface area contributed by atoms with Crippen molar-refractivity contribution in [3.05, 3.63) is 60.3 Å². The summed E-state index contributed by atoms with van der Waals surface area (Å²) in [6.07, 6.45) is 1.89. The Balaban J connectivity index is 1.46. The Bertz CT molecular complexity index is 895. The van der Waals surface area contributed by atoms with E-state index in [1.165, 1.54) is 0 Å². The smallest absolute Gasteiger partial charge is 0.254 e. The first-order valence-electron chi connectivity index (χ1n) is 8.50. The van der Waals surface area contributed by atoms with E-state index in [0.717, 1.165) is 41.0 Å². The van der Waals surface area contributed by atoms with Crippen LogP contribution in [-0.4, -0.2) is 49.1 Å². The first kappa shape index (κ1) is 15.6. The maximum atomic E-state index is 12.8. The highest BCUT2D eigenvalue weighted by molar-refractivity contribution is 5.98. The molecule has 5 nitrogen and oxygen atoms in total. The Morgan fingerprint density at radius 3 is 2.64 bits per heavy atom. The second kappa shape index (κ2) is 6.51. The van der Waals surface area contributed by atoms with Crippen LogP contribution in [0.15, 0.2) is 54.7 Å². The van der Waals surface area contributed by atoms with Gasteiger partial charge in [-0.3, -0.25) is 4.79 Å². The van der Waals surface area contributed by atoms with Crippen molar-refractivity contribution < 1.29 is 9.53 Å². The lowest BCUT2D eigenvalue weighted by Gasteiger charge is -2.36. The molecule has 5 heteroatoms. The van der Waals surface area contributed by atoms with Gasteiger partial charge in [-0.1, -0.05) is 18.2 Å². The first-order valence-corrected chi connectivity index (χ1v) is 8.50. The molecule has 1 fully saturated rings. The van der Waals surface area contributed by atoms with Gasteiger partial charge in [0.25, 0.3) is 5.91 Å². The van der Waals surface area contributed by atoms with Crippen molar-refractivity contribution in [2.24, 2.45) is 0 Å². The Kier molecular flexibility index (Phi) is 4.06. The standard InChI is InChI=1S/C20H21N3O2/c1-25-19-5-3-2-4-18(19)22-10-12-23(13-11-22)20(24)16-7-6-15-8-9-21-17(15)14-16/h2-9,14,21H,10-13H2,1H3. The number of anilines is 1. The number of methoxy groups -OCH3 is 1. The second-order valence-corrected chi connectivity index (χ2v) is 6.23. The van der Waals surface area contributed by atoms with Gasteiger partial charge in [-0.05, 0) is 35.7 Å². The van der Waals surface area contributed by atoms with Crippen LogP contribution in [0.3, 0.4) is 0 Å². The quantitative estimate of drug-likeness (QED) is 0.800.